The molecule has 27 heavy (non-hydrogen) atoms. The summed E-state index contributed by atoms with van der Waals surface area (Å²) in [5, 5.41) is 0. The second-order valence-corrected chi connectivity index (χ2v) is 8.66. The third-order valence-electron chi connectivity index (χ3n) is 6.65. The van der Waals surface area contributed by atoms with E-state index in [9.17, 15) is 9.59 Å². The van der Waals surface area contributed by atoms with Crippen LogP contribution < -0.4 is 9.47 Å². The molecule has 0 spiro atoms. The number of hydrogen-bond acceptors (Lipinski definition) is 5. The van der Waals surface area contributed by atoms with E-state index in [1.807, 2.05) is 0 Å². The number of benzene rings is 1. The normalized spacial score (nSPS) is 32.0. The van der Waals surface area contributed by atoms with E-state index in [-0.39, 0.29) is 17.8 Å². The Morgan fingerprint density at radius 1 is 1.00 bits per heavy atom. The van der Waals surface area contributed by atoms with Gasteiger partial charge < -0.3 is 14.2 Å². The lowest BCUT2D eigenvalue weighted by Crippen LogP contribution is -2.52. The van der Waals surface area contributed by atoms with Gasteiger partial charge in [-0.1, -0.05) is 0 Å². The number of ether oxygens (including phenoxy) is 3. The van der Waals surface area contributed by atoms with E-state index in [0.717, 1.165) is 25.0 Å². The molecule has 4 fully saturated rings. The molecule has 0 heterocycles. The SMILES string of the molecule is COc1ccc(OCC(=O)O[C@H](C)C(=O)C23CC4CC(CC(C4)C2)C3)cc1. The van der Waals surface area contributed by atoms with E-state index < -0.39 is 12.1 Å². The molecule has 146 valence electrons. The van der Waals surface area contributed by atoms with Crippen molar-refractivity contribution >= 4 is 11.8 Å². The van der Waals surface area contributed by atoms with Crippen LogP contribution in [0, 0.1) is 23.2 Å². The Morgan fingerprint density at radius 3 is 2.04 bits per heavy atom. The van der Waals surface area contributed by atoms with Crippen LogP contribution in [0.3, 0.4) is 0 Å². The Morgan fingerprint density at radius 2 is 1.52 bits per heavy atom. The topological polar surface area (TPSA) is 61.8 Å². The second kappa shape index (κ2) is 7.17. The monoisotopic (exact) mass is 372 g/mol. The van der Waals surface area contributed by atoms with Crippen LogP contribution in [0.5, 0.6) is 11.5 Å². The standard InChI is InChI=1S/C22H28O5/c1-14(27-20(23)13-26-19-5-3-18(25-2)4-6-19)21(24)22-10-15-7-16(11-22)9-17(8-15)12-22/h3-6,14-17H,7-13H2,1-2H3/t14-,15?,16?,17?,22?/m1/s1. The lowest BCUT2D eigenvalue weighted by molar-refractivity contribution is -0.166. The summed E-state index contributed by atoms with van der Waals surface area (Å²) in [6.45, 7) is 1.51. The molecule has 4 bridgehead atoms. The molecule has 5 nitrogen and oxygen atoms in total. The smallest absolute Gasteiger partial charge is 0.344 e. The average molecular weight is 372 g/mol. The summed E-state index contributed by atoms with van der Waals surface area (Å²) in [6.07, 6.45) is 6.13. The zero-order valence-electron chi connectivity index (χ0n) is 16.1. The summed E-state index contributed by atoms with van der Waals surface area (Å²) in [5.74, 6) is 2.99. The van der Waals surface area contributed by atoms with Crippen molar-refractivity contribution in [3.05, 3.63) is 24.3 Å². The fraction of sp³-hybridized carbons (Fsp3) is 0.636. The molecule has 0 unspecified atom stereocenters. The number of esters is 1. The molecular formula is C22H28O5. The average Bonchev–Trinajstić information content (AvgIpc) is 2.65. The van der Waals surface area contributed by atoms with Gasteiger partial charge in [-0.15, -0.1) is 0 Å². The van der Waals surface area contributed by atoms with Gasteiger partial charge in [-0.3, -0.25) is 4.79 Å². The molecule has 0 N–H and O–H groups in total. The maximum absolute atomic E-state index is 13.1. The van der Waals surface area contributed by atoms with Crippen molar-refractivity contribution in [2.75, 3.05) is 13.7 Å². The molecule has 4 aliphatic carbocycles. The predicted octanol–water partition coefficient (Wildman–Crippen LogP) is 3.79. The lowest BCUT2D eigenvalue weighted by Gasteiger charge is -2.56. The van der Waals surface area contributed by atoms with Crippen molar-refractivity contribution in [3.8, 4) is 11.5 Å². The molecule has 5 heteroatoms. The number of ketones is 1. The third kappa shape index (κ3) is 3.69. The summed E-state index contributed by atoms with van der Waals surface area (Å²) in [6, 6.07) is 6.99. The Labute approximate surface area is 160 Å². The zero-order chi connectivity index (χ0) is 19.0. The summed E-state index contributed by atoms with van der Waals surface area (Å²) in [7, 11) is 1.59. The molecule has 0 aromatic heterocycles. The van der Waals surface area contributed by atoms with Gasteiger partial charge in [-0.25, -0.2) is 4.79 Å². The Bertz CT molecular complexity index is 673. The van der Waals surface area contributed by atoms with Gasteiger partial charge in [0.1, 0.15) is 11.5 Å². The third-order valence-corrected chi connectivity index (χ3v) is 6.65. The fourth-order valence-electron chi connectivity index (χ4n) is 5.94. The maximum Gasteiger partial charge on any atom is 0.344 e. The molecule has 4 saturated carbocycles. The molecule has 0 amide bonds. The van der Waals surface area contributed by atoms with Gasteiger partial charge in [0.05, 0.1) is 7.11 Å². The minimum absolute atomic E-state index is 0.124. The largest absolute Gasteiger partial charge is 0.497 e. The minimum Gasteiger partial charge on any atom is -0.497 e. The van der Waals surface area contributed by atoms with E-state index in [1.165, 1.54) is 19.3 Å². The van der Waals surface area contributed by atoms with Crippen LogP contribution in [0.1, 0.15) is 45.4 Å². The number of carbonyl (C=O) groups excluding carboxylic acids is 2. The second-order valence-electron chi connectivity index (χ2n) is 8.66. The molecule has 0 saturated heterocycles. The van der Waals surface area contributed by atoms with Gasteiger partial charge in [0.15, 0.2) is 18.5 Å². The first-order valence-corrected chi connectivity index (χ1v) is 9.98. The molecular weight excluding hydrogens is 344 g/mol. The molecule has 0 aliphatic heterocycles. The van der Waals surface area contributed by atoms with Gasteiger partial charge in [0.2, 0.25) is 0 Å². The van der Waals surface area contributed by atoms with Crippen molar-refractivity contribution in [3.63, 3.8) is 0 Å². The minimum atomic E-state index is -0.701. The number of rotatable bonds is 7. The van der Waals surface area contributed by atoms with Crippen molar-refractivity contribution in [2.45, 2.75) is 51.6 Å². The highest BCUT2D eigenvalue weighted by Crippen LogP contribution is 2.60. The molecule has 5 rings (SSSR count). The van der Waals surface area contributed by atoms with E-state index in [1.54, 1.807) is 38.3 Å². The van der Waals surface area contributed by atoms with Crippen LogP contribution in [0.2, 0.25) is 0 Å². The van der Waals surface area contributed by atoms with Crippen LogP contribution in [-0.2, 0) is 14.3 Å². The molecule has 1 aromatic carbocycles. The highest BCUT2D eigenvalue weighted by atomic mass is 16.6. The predicted molar refractivity (Wildman–Crippen MR) is 99.7 cm³/mol. The summed E-state index contributed by atoms with van der Waals surface area (Å²) in [5.41, 5.74) is -0.245. The Hall–Kier alpha value is -2.04. The Balaban J connectivity index is 1.31. The first-order valence-electron chi connectivity index (χ1n) is 9.98. The first kappa shape index (κ1) is 18.3. The van der Waals surface area contributed by atoms with Gasteiger partial charge in [-0.2, -0.15) is 0 Å². The van der Waals surface area contributed by atoms with E-state index in [4.69, 9.17) is 14.2 Å². The van der Waals surface area contributed by atoms with Crippen LogP contribution in [0.15, 0.2) is 24.3 Å². The quantitative estimate of drug-likeness (QED) is 0.682. The van der Waals surface area contributed by atoms with E-state index in [0.29, 0.717) is 23.5 Å². The lowest BCUT2D eigenvalue weighted by atomic mass is 9.48. The summed E-state index contributed by atoms with van der Waals surface area (Å²) in [4.78, 5) is 25.3. The van der Waals surface area contributed by atoms with E-state index in [2.05, 4.69) is 0 Å². The fourth-order valence-corrected chi connectivity index (χ4v) is 5.94. The molecule has 1 atom stereocenters. The van der Waals surface area contributed by atoms with Crippen molar-refractivity contribution < 1.29 is 23.8 Å². The summed E-state index contributed by atoms with van der Waals surface area (Å²) >= 11 is 0. The highest BCUT2D eigenvalue weighted by Gasteiger charge is 2.55. The molecule has 1 aromatic rings. The molecule has 0 radical (unpaired) electrons. The number of Topliss-reactive ketones (excluding diaryl/α,β-unsaturated/α-hetero) is 1. The van der Waals surface area contributed by atoms with Crippen LogP contribution in [0.4, 0.5) is 0 Å². The Kier molecular flexibility index (Phi) is 4.87. The van der Waals surface area contributed by atoms with Crippen molar-refractivity contribution in [2.24, 2.45) is 23.2 Å². The van der Waals surface area contributed by atoms with Gasteiger partial charge >= 0.3 is 5.97 Å². The zero-order valence-corrected chi connectivity index (χ0v) is 16.1. The van der Waals surface area contributed by atoms with Crippen molar-refractivity contribution in [1.82, 2.24) is 0 Å². The van der Waals surface area contributed by atoms with Gasteiger partial charge in [0, 0.05) is 5.41 Å². The van der Waals surface area contributed by atoms with Crippen molar-refractivity contribution in [1.29, 1.82) is 0 Å². The van der Waals surface area contributed by atoms with Crippen LogP contribution >= 0.6 is 0 Å². The number of methoxy groups -OCH3 is 1. The van der Waals surface area contributed by atoms with Crippen LogP contribution in [0.25, 0.3) is 0 Å². The number of carbonyl (C=O) groups is 2. The van der Waals surface area contributed by atoms with Gasteiger partial charge in [-0.05, 0) is 87.5 Å². The first-order chi connectivity index (χ1) is 13.0. The maximum atomic E-state index is 13.1. The molecule has 4 aliphatic rings. The van der Waals surface area contributed by atoms with Crippen LogP contribution in [-0.4, -0.2) is 31.6 Å². The number of hydrogen-bond donors (Lipinski definition) is 0. The summed E-state index contributed by atoms with van der Waals surface area (Å²) < 4.78 is 16.0. The van der Waals surface area contributed by atoms with Gasteiger partial charge in [0.25, 0.3) is 0 Å². The highest BCUT2D eigenvalue weighted by molar-refractivity contribution is 5.90. The van der Waals surface area contributed by atoms with E-state index >= 15 is 0 Å².